The fraction of sp³-hybridized carbons (Fsp3) is 0.615. The lowest BCUT2D eigenvalue weighted by atomic mass is 10.3. The summed E-state index contributed by atoms with van der Waals surface area (Å²) in [5, 5.41) is 1.10. The van der Waals surface area contributed by atoms with Crippen molar-refractivity contribution in [3.8, 4) is 0 Å². The smallest absolute Gasteiger partial charge is 0.0965 e. The first-order valence-electron chi connectivity index (χ1n) is 5.50. The summed E-state index contributed by atoms with van der Waals surface area (Å²) in [5.74, 6) is 0. The summed E-state index contributed by atoms with van der Waals surface area (Å²) in [4.78, 5) is 5.73. The molecule has 0 amide bonds. The molecule has 0 aliphatic heterocycles. The molecule has 1 heterocycles. The molecule has 1 aromatic rings. The van der Waals surface area contributed by atoms with Crippen molar-refractivity contribution in [1.82, 2.24) is 4.98 Å². The van der Waals surface area contributed by atoms with E-state index >= 15 is 0 Å². The summed E-state index contributed by atoms with van der Waals surface area (Å²) in [6, 6.07) is 4.28. The van der Waals surface area contributed by atoms with Crippen LogP contribution >= 0.6 is 23.5 Å². The van der Waals surface area contributed by atoms with E-state index in [1.54, 1.807) is 0 Å². The van der Waals surface area contributed by atoms with Crippen molar-refractivity contribution >= 4 is 23.5 Å². The summed E-state index contributed by atoms with van der Waals surface area (Å²) in [7, 11) is 0. The molecule has 1 nitrogen and oxygen atoms in total. The van der Waals surface area contributed by atoms with Crippen LogP contribution in [0.3, 0.4) is 0 Å². The Morgan fingerprint density at radius 3 is 1.81 bits per heavy atom. The maximum atomic E-state index is 4.49. The molecule has 0 aliphatic carbocycles. The summed E-state index contributed by atoms with van der Waals surface area (Å²) >= 11 is 3.66. The Labute approximate surface area is 108 Å². The van der Waals surface area contributed by atoms with E-state index in [4.69, 9.17) is 0 Å². The number of aromatic nitrogens is 1. The molecule has 3 heteroatoms. The van der Waals surface area contributed by atoms with Crippen molar-refractivity contribution in [2.75, 3.05) is 0 Å². The summed E-state index contributed by atoms with van der Waals surface area (Å²) in [5.41, 5.74) is 0. The standard InChI is InChI=1S/C13H21NS2/c1-12(2,3)15-10-7-8-11(14-9-10)16-13(4,5)6/h7-9H,1-6H3. The molecule has 0 aliphatic rings. The number of hydrogen-bond donors (Lipinski definition) is 0. The minimum absolute atomic E-state index is 0.228. The van der Waals surface area contributed by atoms with Gasteiger partial charge >= 0.3 is 0 Å². The van der Waals surface area contributed by atoms with E-state index in [-0.39, 0.29) is 9.49 Å². The van der Waals surface area contributed by atoms with Gasteiger partial charge in [0.2, 0.25) is 0 Å². The van der Waals surface area contributed by atoms with Gasteiger partial charge in [0.05, 0.1) is 5.03 Å². The number of hydrogen-bond acceptors (Lipinski definition) is 3. The second-order valence-corrected chi connectivity index (χ2v) is 9.51. The zero-order valence-electron chi connectivity index (χ0n) is 11.0. The SMILES string of the molecule is CC(C)(C)Sc1ccc(SC(C)(C)C)nc1. The second kappa shape index (κ2) is 5.01. The van der Waals surface area contributed by atoms with E-state index in [1.807, 2.05) is 29.7 Å². The molecule has 1 aromatic heterocycles. The Morgan fingerprint density at radius 2 is 1.44 bits per heavy atom. The van der Waals surface area contributed by atoms with Crippen LogP contribution in [0.1, 0.15) is 41.5 Å². The van der Waals surface area contributed by atoms with Crippen LogP contribution in [0.5, 0.6) is 0 Å². The molecular weight excluding hydrogens is 234 g/mol. The van der Waals surface area contributed by atoms with Crippen molar-refractivity contribution < 1.29 is 0 Å². The molecule has 0 bridgehead atoms. The van der Waals surface area contributed by atoms with Crippen LogP contribution in [0.2, 0.25) is 0 Å². The van der Waals surface area contributed by atoms with Crippen LogP contribution in [0.25, 0.3) is 0 Å². The molecule has 0 saturated carbocycles. The molecular formula is C13H21NS2. The predicted octanol–water partition coefficient (Wildman–Crippen LogP) is 4.86. The fourth-order valence-electron chi connectivity index (χ4n) is 1.15. The van der Waals surface area contributed by atoms with Crippen LogP contribution in [0.15, 0.2) is 28.3 Å². The molecule has 0 radical (unpaired) electrons. The minimum Gasteiger partial charge on any atom is -0.249 e. The number of nitrogens with zero attached hydrogens (tertiary/aromatic N) is 1. The monoisotopic (exact) mass is 255 g/mol. The van der Waals surface area contributed by atoms with Crippen LogP contribution in [-0.2, 0) is 0 Å². The topological polar surface area (TPSA) is 12.9 Å². The first kappa shape index (κ1) is 13.9. The van der Waals surface area contributed by atoms with Gasteiger partial charge in [0, 0.05) is 20.6 Å². The quantitative estimate of drug-likeness (QED) is 0.700. The summed E-state index contributed by atoms with van der Waals surface area (Å²) in [6.07, 6.45) is 1.98. The second-order valence-electron chi connectivity index (χ2n) is 5.76. The average Bonchev–Trinajstić information content (AvgIpc) is 2.03. The van der Waals surface area contributed by atoms with E-state index in [9.17, 15) is 0 Å². The van der Waals surface area contributed by atoms with Crippen LogP contribution in [-0.4, -0.2) is 14.5 Å². The van der Waals surface area contributed by atoms with Crippen LogP contribution < -0.4 is 0 Å². The Morgan fingerprint density at radius 1 is 0.875 bits per heavy atom. The normalized spacial score (nSPS) is 12.9. The van der Waals surface area contributed by atoms with E-state index < -0.39 is 0 Å². The zero-order valence-corrected chi connectivity index (χ0v) is 12.6. The van der Waals surface area contributed by atoms with Gasteiger partial charge in [-0.25, -0.2) is 4.98 Å². The summed E-state index contributed by atoms with van der Waals surface area (Å²) < 4.78 is 0.478. The first-order chi connectivity index (χ1) is 7.16. The Kier molecular flexibility index (Phi) is 4.35. The molecule has 90 valence electrons. The molecule has 16 heavy (non-hydrogen) atoms. The van der Waals surface area contributed by atoms with Crippen molar-refractivity contribution in [3.05, 3.63) is 18.3 Å². The Balaban J connectivity index is 2.69. The highest BCUT2D eigenvalue weighted by Gasteiger charge is 2.14. The molecule has 0 atom stereocenters. The molecule has 1 rings (SSSR count). The molecule has 0 aromatic carbocycles. The lowest BCUT2D eigenvalue weighted by Crippen LogP contribution is -2.08. The van der Waals surface area contributed by atoms with Gasteiger partial charge in [-0.05, 0) is 12.1 Å². The maximum Gasteiger partial charge on any atom is 0.0965 e. The van der Waals surface area contributed by atoms with Gasteiger partial charge in [-0.1, -0.05) is 41.5 Å². The lowest BCUT2D eigenvalue weighted by molar-refractivity contribution is 0.796. The van der Waals surface area contributed by atoms with Gasteiger partial charge in [-0.3, -0.25) is 0 Å². The van der Waals surface area contributed by atoms with Gasteiger partial charge in [0.1, 0.15) is 0 Å². The Hall–Kier alpha value is -0.150. The van der Waals surface area contributed by atoms with E-state index in [0.717, 1.165) is 5.03 Å². The van der Waals surface area contributed by atoms with Crippen molar-refractivity contribution in [2.24, 2.45) is 0 Å². The third kappa shape index (κ3) is 5.80. The van der Waals surface area contributed by atoms with Crippen molar-refractivity contribution in [3.63, 3.8) is 0 Å². The predicted molar refractivity (Wildman–Crippen MR) is 75.5 cm³/mol. The van der Waals surface area contributed by atoms with Gasteiger partial charge < -0.3 is 0 Å². The van der Waals surface area contributed by atoms with Gasteiger partial charge in [-0.15, -0.1) is 23.5 Å². The Bertz CT molecular complexity index is 295. The molecule has 0 fully saturated rings. The molecule has 0 saturated heterocycles. The van der Waals surface area contributed by atoms with Gasteiger partial charge in [0.15, 0.2) is 0 Å². The zero-order chi connectivity index (χ0) is 12.4. The van der Waals surface area contributed by atoms with Crippen molar-refractivity contribution in [1.29, 1.82) is 0 Å². The number of rotatable bonds is 2. The molecule has 0 N–H and O–H groups in total. The fourth-order valence-corrected chi connectivity index (χ4v) is 2.97. The number of pyridine rings is 1. The van der Waals surface area contributed by atoms with Crippen LogP contribution in [0.4, 0.5) is 0 Å². The van der Waals surface area contributed by atoms with Gasteiger partial charge in [0.25, 0.3) is 0 Å². The highest BCUT2D eigenvalue weighted by Crippen LogP contribution is 2.34. The van der Waals surface area contributed by atoms with E-state index in [1.165, 1.54) is 4.90 Å². The largest absolute Gasteiger partial charge is 0.249 e. The van der Waals surface area contributed by atoms with Gasteiger partial charge in [-0.2, -0.15) is 0 Å². The van der Waals surface area contributed by atoms with Crippen molar-refractivity contribution in [2.45, 2.75) is 61.0 Å². The van der Waals surface area contributed by atoms with E-state index in [2.05, 4.69) is 58.7 Å². The minimum atomic E-state index is 0.228. The highest BCUT2D eigenvalue weighted by molar-refractivity contribution is 8.01. The third-order valence-electron chi connectivity index (χ3n) is 1.54. The molecule has 0 spiro atoms. The third-order valence-corrected chi connectivity index (χ3v) is 3.70. The van der Waals surface area contributed by atoms with E-state index in [0.29, 0.717) is 0 Å². The summed E-state index contributed by atoms with van der Waals surface area (Å²) in [6.45, 7) is 13.3. The lowest BCUT2D eigenvalue weighted by Gasteiger charge is -2.19. The van der Waals surface area contributed by atoms with Crippen LogP contribution in [0, 0.1) is 0 Å². The molecule has 0 unspecified atom stereocenters. The average molecular weight is 255 g/mol. The highest BCUT2D eigenvalue weighted by atomic mass is 32.2. The number of thioether (sulfide) groups is 2. The first-order valence-corrected chi connectivity index (χ1v) is 7.13. The maximum absolute atomic E-state index is 4.49.